The third-order valence-corrected chi connectivity index (χ3v) is 7.17. The largest absolute Gasteiger partial charge is 0.390 e. The Kier molecular flexibility index (Phi) is 5.73. The fourth-order valence-electron chi connectivity index (χ4n) is 4.71. The lowest BCUT2D eigenvalue weighted by Gasteiger charge is -2.31. The normalized spacial score (nSPS) is 22.0. The van der Waals surface area contributed by atoms with Crippen molar-refractivity contribution in [2.45, 2.75) is 44.9 Å². The van der Waals surface area contributed by atoms with E-state index < -0.39 is 17.1 Å². The van der Waals surface area contributed by atoms with Crippen molar-refractivity contribution in [2.75, 3.05) is 12.8 Å². The molecule has 0 saturated heterocycles. The molecule has 0 amide bonds. The van der Waals surface area contributed by atoms with Gasteiger partial charge in [-0.3, -0.25) is 0 Å². The summed E-state index contributed by atoms with van der Waals surface area (Å²) in [6.07, 6.45) is 4.10. The first-order valence-corrected chi connectivity index (χ1v) is 11.5. The van der Waals surface area contributed by atoms with Crippen LogP contribution in [0.4, 0.5) is 8.78 Å². The Labute approximate surface area is 171 Å². The number of rotatable bonds is 6. The number of aliphatic hydroxyl groups excluding tert-OH is 1. The first kappa shape index (κ1) is 20.4. The van der Waals surface area contributed by atoms with E-state index in [0.717, 1.165) is 30.3 Å². The molecule has 156 valence electrons. The molecule has 3 aromatic rings. The van der Waals surface area contributed by atoms with E-state index >= 15 is 0 Å². The van der Waals surface area contributed by atoms with Gasteiger partial charge >= 0.3 is 0 Å². The zero-order chi connectivity index (χ0) is 20.7. The third-order valence-electron chi connectivity index (χ3n) is 6.09. The molecule has 2 aromatic carbocycles. The molecule has 0 radical (unpaired) electrons. The van der Waals surface area contributed by atoms with Crippen molar-refractivity contribution < 1.29 is 18.1 Å². The fourth-order valence-corrected chi connectivity index (χ4v) is 5.78. The number of nitrogens with zero attached hydrogens (tertiary/aromatic N) is 2. The van der Waals surface area contributed by atoms with Crippen LogP contribution in [0.15, 0.2) is 36.4 Å². The van der Waals surface area contributed by atoms with Gasteiger partial charge in [-0.15, -0.1) is 0 Å². The molecular weight excluding hydrogens is 394 g/mol. The number of hydrogen-bond acceptors (Lipinski definition) is 2. The molecule has 4 nitrogen and oxygen atoms in total. The zero-order valence-corrected chi connectivity index (χ0v) is 17.5. The van der Waals surface area contributed by atoms with Crippen LogP contribution in [0.2, 0.25) is 0 Å². The van der Waals surface area contributed by atoms with Crippen LogP contribution < -0.4 is 0 Å². The number of benzene rings is 2. The van der Waals surface area contributed by atoms with E-state index in [0.29, 0.717) is 23.2 Å². The Balaban J connectivity index is 1.66. The molecule has 1 aromatic heterocycles. The standard InChI is InChI=1S/C22H26F2N2O2S/c1-14-4-3-5-20(14)26(29(2)28)13-17(27)12-25-21-8-6-15(23)10-18(21)19-11-16(24)7-9-22(19)25/h6-11,14,17,20,27H,3-5,12-13H2,1-2H3. The van der Waals surface area contributed by atoms with Crippen molar-refractivity contribution in [1.29, 1.82) is 0 Å². The lowest BCUT2D eigenvalue weighted by atomic mass is 10.1. The van der Waals surface area contributed by atoms with Crippen molar-refractivity contribution >= 4 is 32.8 Å². The van der Waals surface area contributed by atoms with Crippen molar-refractivity contribution in [3.8, 4) is 0 Å². The molecule has 0 bridgehead atoms. The van der Waals surface area contributed by atoms with Gasteiger partial charge < -0.3 is 9.67 Å². The van der Waals surface area contributed by atoms with Crippen molar-refractivity contribution in [1.82, 2.24) is 8.87 Å². The summed E-state index contributed by atoms with van der Waals surface area (Å²) < 4.78 is 43.8. The summed E-state index contributed by atoms with van der Waals surface area (Å²) in [5, 5.41) is 12.1. The Hall–Kier alpha value is -1.83. The minimum atomic E-state index is -1.18. The average Bonchev–Trinajstić information content (AvgIpc) is 3.21. The predicted octanol–water partition coefficient (Wildman–Crippen LogP) is 4.22. The molecule has 1 fully saturated rings. The molecule has 7 heteroatoms. The molecular formula is C22H26F2N2O2S. The van der Waals surface area contributed by atoms with Crippen molar-refractivity contribution in [3.63, 3.8) is 0 Å². The Bertz CT molecular complexity index is 1010. The van der Waals surface area contributed by atoms with Crippen LogP contribution in [0.3, 0.4) is 0 Å². The Morgan fingerprint density at radius 2 is 1.72 bits per heavy atom. The molecule has 1 N–H and O–H groups in total. The van der Waals surface area contributed by atoms with E-state index in [1.165, 1.54) is 24.3 Å². The van der Waals surface area contributed by atoms with E-state index in [9.17, 15) is 18.1 Å². The maximum Gasteiger partial charge on any atom is 0.123 e. The fraction of sp³-hybridized carbons (Fsp3) is 0.455. The summed E-state index contributed by atoms with van der Waals surface area (Å²) in [4.78, 5) is 0. The number of hydrogen-bond donors (Lipinski definition) is 1. The van der Waals surface area contributed by atoms with Crippen LogP contribution in [0.1, 0.15) is 26.2 Å². The molecule has 4 rings (SSSR count). The van der Waals surface area contributed by atoms with Crippen molar-refractivity contribution in [3.05, 3.63) is 48.0 Å². The number of halogens is 2. The second-order valence-corrected chi connectivity index (χ2v) is 9.40. The maximum absolute atomic E-state index is 13.8. The van der Waals surface area contributed by atoms with Gasteiger partial charge in [0.2, 0.25) is 0 Å². The van der Waals surface area contributed by atoms with Gasteiger partial charge in [-0.25, -0.2) is 17.3 Å². The van der Waals surface area contributed by atoms with E-state index in [-0.39, 0.29) is 24.2 Å². The summed E-state index contributed by atoms with van der Waals surface area (Å²) >= 11 is 0. The Morgan fingerprint density at radius 3 is 2.21 bits per heavy atom. The lowest BCUT2D eigenvalue weighted by molar-refractivity contribution is 0.114. The van der Waals surface area contributed by atoms with E-state index in [4.69, 9.17) is 0 Å². The predicted molar refractivity (Wildman–Crippen MR) is 113 cm³/mol. The summed E-state index contributed by atoms with van der Waals surface area (Å²) in [6.45, 7) is 2.72. The van der Waals surface area contributed by atoms with Gasteiger partial charge in [0, 0.05) is 40.6 Å². The molecule has 0 spiro atoms. The van der Waals surface area contributed by atoms with Crippen LogP contribution >= 0.6 is 0 Å². The SMILES string of the molecule is CC1CCCC1N(CC(O)Cn1c2ccc(F)cc2c2cc(F)ccc21)S(C)=O. The van der Waals surface area contributed by atoms with Gasteiger partial charge in [-0.05, 0) is 55.2 Å². The summed E-state index contributed by atoms with van der Waals surface area (Å²) in [5.41, 5.74) is 1.48. The van der Waals surface area contributed by atoms with Gasteiger partial charge in [0.1, 0.15) is 11.6 Å². The molecule has 1 heterocycles. The molecule has 1 saturated carbocycles. The average molecular weight is 421 g/mol. The first-order valence-electron chi connectivity index (χ1n) is 10.0. The molecule has 4 unspecified atom stereocenters. The van der Waals surface area contributed by atoms with Gasteiger partial charge in [-0.2, -0.15) is 0 Å². The van der Waals surface area contributed by atoms with E-state index in [1.807, 2.05) is 8.87 Å². The summed E-state index contributed by atoms with van der Waals surface area (Å²) in [5.74, 6) is -0.321. The molecule has 4 atom stereocenters. The minimum Gasteiger partial charge on any atom is -0.390 e. The van der Waals surface area contributed by atoms with Crippen LogP contribution in [0, 0.1) is 17.6 Å². The van der Waals surface area contributed by atoms with Crippen LogP contribution in [-0.4, -0.2) is 43.1 Å². The monoisotopic (exact) mass is 420 g/mol. The van der Waals surface area contributed by atoms with Gasteiger partial charge in [0.25, 0.3) is 0 Å². The van der Waals surface area contributed by atoms with Gasteiger partial charge in [-0.1, -0.05) is 13.3 Å². The highest BCUT2D eigenvalue weighted by molar-refractivity contribution is 7.81. The molecule has 29 heavy (non-hydrogen) atoms. The number of aromatic nitrogens is 1. The highest BCUT2D eigenvalue weighted by Crippen LogP contribution is 2.32. The molecule has 1 aliphatic rings. The summed E-state index contributed by atoms with van der Waals surface area (Å²) in [6, 6.07) is 9.05. The highest BCUT2D eigenvalue weighted by atomic mass is 32.2. The van der Waals surface area contributed by atoms with Crippen LogP contribution in [0.25, 0.3) is 21.8 Å². The lowest BCUT2D eigenvalue weighted by Crippen LogP contribution is -2.43. The molecule has 1 aliphatic carbocycles. The second kappa shape index (κ2) is 8.13. The van der Waals surface area contributed by atoms with Gasteiger partial charge in [0.05, 0.1) is 23.6 Å². The van der Waals surface area contributed by atoms with Crippen LogP contribution in [-0.2, 0) is 17.5 Å². The Morgan fingerprint density at radius 1 is 1.14 bits per heavy atom. The quantitative estimate of drug-likeness (QED) is 0.649. The highest BCUT2D eigenvalue weighted by Gasteiger charge is 2.32. The van der Waals surface area contributed by atoms with Gasteiger partial charge in [0.15, 0.2) is 0 Å². The van der Waals surface area contributed by atoms with E-state index in [2.05, 4.69) is 6.92 Å². The second-order valence-electron chi connectivity index (χ2n) is 8.09. The minimum absolute atomic E-state index is 0.205. The first-order chi connectivity index (χ1) is 13.8. The maximum atomic E-state index is 13.8. The number of aliphatic hydroxyl groups is 1. The zero-order valence-electron chi connectivity index (χ0n) is 16.6. The third kappa shape index (κ3) is 3.96. The van der Waals surface area contributed by atoms with Crippen molar-refractivity contribution in [2.24, 2.45) is 5.92 Å². The molecule has 0 aliphatic heterocycles. The van der Waals surface area contributed by atoms with E-state index in [1.54, 1.807) is 18.4 Å². The topological polar surface area (TPSA) is 45.5 Å². The van der Waals surface area contributed by atoms with Crippen LogP contribution in [0.5, 0.6) is 0 Å². The number of fused-ring (bicyclic) bond motifs is 3. The smallest absolute Gasteiger partial charge is 0.123 e. The summed E-state index contributed by atoms with van der Waals surface area (Å²) in [7, 11) is -1.18.